The minimum Gasteiger partial charge on any atom is -0.490 e. The second-order valence-electron chi connectivity index (χ2n) is 5.91. The lowest BCUT2D eigenvalue weighted by atomic mass is 10.1. The molecule has 0 amide bonds. The van der Waals surface area contributed by atoms with E-state index in [1.54, 1.807) is 0 Å². The number of benzene rings is 2. The summed E-state index contributed by atoms with van der Waals surface area (Å²) in [6.07, 6.45) is 0.870. The summed E-state index contributed by atoms with van der Waals surface area (Å²) < 4.78 is 12.7. The Morgan fingerprint density at radius 1 is 1.12 bits per heavy atom. The molecule has 4 nitrogen and oxygen atoms in total. The van der Waals surface area contributed by atoms with Crippen molar-refractivity contribution in [3.63, 3.8) is 0 Å². The fraction of sp³-hybridized carbons (Fsp3) is 0.400. The van der Waals surface area contributed by atoms with E-state index in [9.17, 15) is 5.11 Å². The van der Waals surface area contributed by atoms with Crippen molar-refractivity contribution < 1.29 is 14.6 Å². The number of ether oxygens (including phenoxy) is 2. The zero-order chi connectivity index (χ0) is 18.9. The number of rotatable bonds is 10. The normalized spacial score (nSPS) is 12.0. The third-order valence-electron chi connectivity index (χ3n) is 4.01. The van der Waals surface area contributed by atoms with Gasteiger partial charge in [0.2, 0.25) is 0 Å². The van der Waals surface area contributed by atoms with Crippen molar-refractivity contribution in [1.29, 1.82) is 0 Å². The molecular weight excluding hydrogens is 418 g/mol. The molecule has 2 aromatic carbocycles. The van der Waals surface area contributed by atoms with E-state index in [4.69, 9.17) is 21.1 Å². The van der Waals surface area contributed by atoms with Crippen LogP contribution in [0.5, 0.6) is 11.5 Å². The van der Waals surface area contributed by atoms with Crippen molar-refractivity contribution in [2.24, 2.45) is 0 Å². The summed E-state index contributed by atoms with van der Waals surface area (Å²) in [6.45, 7) is 5.74. The van der Waals surface area contributed by atoms with Gasteiger partial charge in [-0.25, -0.2) is 0 Å². The number of nitrogens with one attached hydrogen (secondary N) is 1. The first-order valence-corrected chi connectivity index (χ1v) is 9.91. The van der Waals surface area contributed by atoms with Crippen molar-refractivity contribution >= 4 is 27.5 Å². The van der Waals surface area contributed by atoms with E-state index in [0.29, 0.717) is 36.3 Å². The molecule has 2 aromatic rings. The van der Waals surface area contributed by atoms with E-state index in [0.717, 1.165) is 22.0 Å². The molecule has 26 heavy (non-hydrogen) atoms. The van der Waals surface area contributed by atoms with E-state index in [-0.39, 0.29) is 12.6 Å². The molecule has 0 spiro atoms. The van der Waals surface area contributed by atoms with Crippen LogP contribution < -0.4 is 14.8 Å². The summed E-state index contributed by atoms with van der Waals surface area (Å²) in [4.78, 5) is 0. The minimum atomic E-state index is 0.0817. The molecule has 2 rings (SSSR count). The third kappa shape index (κ3) is 6.16. The number of aliphatic hydroxyl groups excluding tert-OH is 1. The zero-order valence-corrected chi connectivity index (χ0v) is 17.4. The SMILES string of the molecule is CCOc1cc(CNC(CC)CO)c(Br)cc1OCc1ccc(Cl)cc1. The minimum absolute atomic E-state index is 0.0817. The van der Waals surface area contributed by atoms with Gasteiger partial charge in [0, 0.05) is 22.1 Å². The maximum atomic E-state index is 9.32. The van der Waals surface area contributed by atoms with Gasteiger partial charge in [0.05, 0.1) is 13.2 Å². The first-order valence-electron chi connectivity index (χ1n) is 8.74. The summed E-state index contributed by atoms with van der Waals surface area (Å²) in [5.41, 5.74) is 2.09. The summed E-state index contributed by atoms with van der Waals surface area (Å²) >= 11 is 9.52. The van der Waals surface area contributed by atoms with Gasteiger partial charge in [-0.3, -0.25) is 0 Å². The van der Waals surface area contributed by atoms with Gasteiger partial charge >= 0.3 is 0 Å². The Labute approximate surface area is 168 Å². The third-order valence-corrected chi connectivity index (χ3v) is 5.00. The predicted molar refractivity (Wildman–Crippen MR) is 109 cm³/mol. The van der Waals surface area contributed by atoms with Crippen molar-refractivity contribution in [2.75, 3.05) is 13.2 Å². The Hall–Kier alpha value is -1.27. The second kappa shape index (κ2) is 10.8. The lowest BCUT2D eigenvalue weighted by Gasteiger charge is -2.18. The molecule has 1 unspecified atom stereocenters. The van der Waals surface area contributed by atoms with Gasteiger partial charge in [0.15, 0.2) is 11.5 Å². The maximum Gasteiger partial charge on any atom is 0.162 e. The number of hydrogen-bond acceptors (Lipinski definition) is 4. The van der Waals surface area contributed by atoms with Crippen LogP contribution in [-0.4, -0.2) is 24.4 Å². The van der Waals surface area contributed by atoms with Crippen molar-refractivity contribution in [3.05, 3.63) is 57.0 Å². The van der Waals surface area contributed by atoms with Crippen LogP contribution in [0, 0.1) is 0 Å². The molecular formula is C20H25BrClNO3. The quantitative estimate of drug-likeness (QED) is 0.547. The molecule has 0 heterocycles. The van der Waals surface area contributed by atoms with Crippen molar-refractivity contribution in [3.8, 4) is 11.5 Å². The molecule has 2 N–H and O–H groups in total. The molecule has 6 heteroatoms. The maximum absolute atomic E-state index is 9.32. The molecule has 1 atom stereocenters. The second-order valence-corrected chi connectivity index (χ2v) is 7.20. The molecule has 0 aliphatic rings. The van der Waals surface area contributed by atoms with Crippen molar-refractivity contribution in [1.82, 2.24) is 5.32 Å². The van der Waals surface area contributed by atoms with Gasteiger partial charge in [-0.05, 0) is 48.7 Å². The highest BCUT2D eigenvalue weighted by molar-refractivity contribution is 9.10. The monoisotopic (exact) mass is 441 g/mol. The van der Waals surface area contributed by atoms with Gasteiger partial charge < -0.3 is 19.9 Å². The number of hydrogen-bond donors (Lipinski definition) is 2. The number of halogens is 2. The fourth-order valence-electron chi connectivity index (χ4n) is 2.43. The highest BCUT2D eigenvalue weighted by atomic mass is 79.9. The van der Waals surface area contributed by atoms with E-state index >= 15 is 0 Å². The summed E-state index contributed by atoms with van der Waals surface area (Å²) in [7, 11) is 0. The average molecular weight is 443 g/mol. The zero-order valence-electron chi connectivity index (χ0n) is 15.1. The Kier molecular flexibility index (Phi) is 8.72. The lowest BCUT2D eigenvalue weighted by Crippen LogP contribution is -2.31. The van der Waals surface area contributed by atoms with Gasteiger partial charge in [-0.2, -0.15) is 0 Å². The molecule has 0 aliphatic carbocycles. The van der Waals surface area contributed by atoms with Crippen LogP contribution in [0.15, 0.2) is 40.9 Å². The van der Waals surface area contributed by atoms with Crippen LogP contribution in [-0.2, 0) is 13.2 Å². The fourth-order valence-corrected chi connectivity index (χ4v) is 3.02. The Morgan fingerprint density at radius 3 is 2.42 bits per heavy atom. The van der Waals surface area contributed by atoms with Crippen molar-refractivity contribution in [2.45, 2.75) is 39.5 Å². The standard InChI is InChI=1S/C20H25BrClNO3/c1-3-17(12-24)23-11-15-9-19(25-4-2)20(10-18(15)21)26-13-14-5-7-16(22)8-6-14/h5-10,17,23-24H,3-4,11-13H2,1-2H3. The Bertz CT molecular complexity index is 690. The Morgan fingerprint density at radius 2 is 1.81 bits per heavy atom. The van der Waals surface area contributed by atoms with Crippen LogP contribution >= 0.6 is 27.5 Å². The van der Waals surface area contributed by atoms with Crippen LogP contribution in [0.1, 0.15) is 31.4 Å². The molecule has 0 saturated heterocycles. The van der Waals surface area contributed by atoms with E-state index in [1.807, 2.05) is 50.2 Å². The summed E-state index contributed by atoms with van der Waals surface area (Å²) in [6, 6.07) is 11.6. The molecule has 0 bridgehead atoms. The molecule has 0 fully saturated rings. The van der Waals surface area contributed by atoms with Crippen LogP contribution in [0.2, 0.25) is 5.02 Å². The van der Waals surface area contributed by atoms with Gasteiger partial charge in [0.25, 0.3) is 0 Å². The molecule has 0 aliphatic heterocycles. The molecule has 0 radical (unpaired) electrons. The number of aliphatic hydroxyl groups is 1. The molecule has 142 valence electrons. The van der Waals surface area contributed by atoms with E-state index in [2.05, 4.69) is 21.2 Å². The lowest BCUT2D eigenvalue weighted by molar-refractivity contribution is 0.238. The first kappa shape index (κ1) is 21.0. The van der Waals surface area contributed by atoms with Crippen LogP contribution in [0.3, 0.4) is 0 Å². The van der Waals surface area contributed by atoms with Crippen LogP contribution in [0.4, 0.5) is 0 Å². The Balaban J connectivity index is 2.12. The predicted octanol–water partition coefficient (Wildman–Crippen LogP) is 4.94. The average Bonchev–Trinajstić information content (AvgIpc) is 2.65. The van der Waals surface area contributed by atoms with Crippen LogP contribution in [0.25, 0.3) is 0 Å². The summed E-state index contributed by atoms with van der Waals surface area (Å²) in [5, 5.41) is 13.4. The molecule has 0 saturated carbocycles. The topological polar surface area (TPSA) is 50.7 Å². The van der Waals surface area contributed by atoms with E-state index in [1.165, 1.54) is 0 Å². The smallest absolute Gasteiger partial charge is 0.162 e. The van der Waals surface area contributed by atoms with Gasteiger partial charge in [-0.15, -0.1) is 0 Å². The van der Waals surface area contributed by atoms with Gasteiger partial charge in [-0.1, -0.05) is 46.6 Å². The summed E-state index contributed by atoms with van der Waals surface area (Å²) in [5.74, 6) is 1.39. The van der Waals surface area contributed by atoms with E-state index < -0.39 is 0 Å². The van der Waals surface area contributed by atoms with Gasteiger partial charge in [0.1, 0.15) is 6.61 Å². The first-order chi connectivity index (χ1) is 12.6. The largest absolute Gasteiger partial charge is 0.490 e. The highest BCUT2D eigenvalue weighted by Crippen LogP contribution is 2.34. The molecule has 0 aromatic heterocycles. The highest BCUT2D eigenvalue weighted by Gasteiger charge is 2.13.